The van der Waals surface area contributed by atoms with Gasteiger partial charge in [0, 0.05) is 5.69 Å². The number of nitrogens with one attached hydrogen (secondary N) is 2. The highest BCUT2D eigenvalue weighted by Gasteiger charge is 2.19. The Kier molecular flexibility index (Phi) is 3.97. The van der Waals surface area contributed by atoms with Crippen molar-refractivity contribution in [3.63, 3.8) is 0 Å². The number of aromatic amines is 1. The van der Waals surface area contributed by atoms with E-state index in [1.807, 2.05) is 6.92 Å². The predicted molar refractivity (Wildman–Crippen MR) is 84.9 cm³/mol. The number of benzene rings is 2. The molecule has 1 heterocycles. The maximum atomic E-state index is 13.0. The van der Waals surface area contributed by atoms with Crippen molar-refractivity contribution in [1.29, 1.82) is 0 Å². The van der Waals surface area contributed by atoms with E-state index in [4.69, 9.17) is 4.42 Å². The minimum absolute atomic E-state index is 0.190. The molecule has 118 valence electrons. The maximum absolute atomic E-state index is 13.0. The van der Waals surface area contributed by atoms with Crippen LogP contribution in [0.4, 0.5) is 10.1 Å². The molecule has 0 bridgehead atoms. The smallest absolute Gasteiger partial charge is 0.408 e. The molecule has 3 aromatic rings. The van der Waals surface area contributed by atoms with E-state index in [1.54, 1.807) is 30.3 Å². The van der Waals surface area contributed by atoms with Gasteiger partial charge in [-0.25, -0.2) is 9.18 Å². The summed E-state index contributed by atoms with van der Waals surface area (Å²) in [4.78, 5) is 26.2. The topological polar surface area (TPSA) is 75.1 Å². The summed E-state index contributed by atoms with van der Waals surface area (Å²) in [6, 6.07) is 10.8. The molecule has 0 radical (unpaired) electrons. The number of oxazole rings is 1. The van der Waals surface area contributed by atoms with Gasteiger partial charge in [-0.15, -0.1) is 0 Å². The summed E-state index contributed by atoms with van der Waals surface area (Å²) in [6.07, 6.45) is 0.586. The van der Waals surface area contributed by atoms with Crippen LogP contribution in [0.25, 0.3) is 11.1 Å². The third-order valence-electron chi connectivity index (χ3n) is 3.68. The first-order chi connectivity index (χ1) is 11.1. The van der Waals surface area contributed by atoms with Crippen molar-refractivity contribution in [3.05, 3.63) is 64.4 Å². The normalized spacial score (nSPS) is 12.3. The summed E-state index contributed by atoms with van der Waals surface area (Å²) < 4.78 is 17.9. The van der Waals surface area contributed by atoms with Crippen molar-refractivity contribution in [2.75, 3.05) is 5.32 Å². The third-order valence-corrected chi connectivity index (χ3v) is 3.68. The molecular formula is C17H15FN2O3. The van der Waals surface area contributed by atoms with Gasteiger partial charge in [-0.1, -0.05) is 19.1 Å². The largest absolute Gasteiger partial charge is 0.417 e. The molecule has 5 nitrogen and oxygen atoms in total. The molecule has 1 atom stereocenters. The second-order valence-electron chi connectivity index (χ2n) is 5.23. The number of hydrogen-bond acceptors (Lipinski definition) is 3. The van der Waals surface area contributed by atoms with Crippen LogP contribution in [0.3, 0.4) is 0 Å². The van der Waals surface area contributed by atoms with Crippen LogP contribution in [-0.2, 0) is 4.79 Å². The van der Waals surface area contributed by atoms with E-state index >= 15 is 0 Å². The lowest BCUT2D eigenvalue weighted by Gasteiger charge is -2.15. The summed E-state index contributed by atoms with van der Waals surface area (Å²) in [5, 5.41) is 2.81. The summed E-state index contributed by atoms with van der Waals surface area (Å²) >= 11 is 0. The summed E-state index contributed by atoms with van der Waals surface area (Å²) in [6.45, 7) is 1.89. The van der Waals surface area contributed by atoms with E-state index in [2.05, 4.69) is 10.3 Å². The number of halogens is 1. The van der Waals surface area contributed by atoms with Crippen LogP contribution < -0.4 is 11.1 Å². The number of rotatable bonds is 4. The zero-order valence-electron chi connectivity index (χ0n) is 12.4. The lowest BCUT2D eigenvalue weighted by atomic mass is 9.95. The Bertz CT molecular complexity index is 896. The first kappa shape index (κ1) is 15.0. The molecule has 1 amide bonds. The van der Waals surface area contributed by atoms with Crippen molar-refractivity contribution in [2.24, 2.45) is 0 Å². The highest BCUT2D eigenvalue weighted by molar-refractivity contribution is 5.97. The number of amides is 1. The highest BCUT2D eigenvalue weighted by atomic mass is 19.1. The van der Waals surface area contributed by atoms with Crippen molar-refractivity contribution < 1.29 is 13.6 Å². The number of carbonyl (C=O) groups excluding carboxylic acids is 1. The minimum atomic E-state index is -0.541. The molecule has 0 spiro atoms. The van der Waals surface area contributed by atoms with Crippen LogP contribution in [0.15, 0.2) is 51.7 Å². The molecule has 3 rings (SSSR count). The maximum Gasteiger partial charge on any atom is 0.417 e. The Labute approximate surface area is 131 Å². The van der Waals surface area contributed by atoms with E-state index in [0.29, 0.717) is 23.2 Å². The first-order valence-corrected chi connectivity index (χ1v) is 7.26. The molecule has 0 fully saturated rings. The van der Waals surface area contributed by atoms with Crippen LogP contribution in [-0.4, -0.2) is 10.9 Å². The van der Waals surface area contributed by atoms with Crippen LogP contribution in [0.5, 0.6) is 0 Å². The fourth-order valence-corrected chi connectivity index (χ4v) is 2.53. The Morgan fingerprint density at radius 2 is 2.00 bits per heavy atom. The second-order valence-corrected chi connectivity index (χ2v) is 5.23. The van der Waals surface area contributed by atoms with Gasteiger partial charge in [-0.2, -0.15) is 0 Å². The molecule has 0 saturated carbocycles. The molecule has 0 aliphatic heterocycles. The van der Waals surface area contributed by atoms with Gasteiger partial charge in [0.1, 0.15) is 5.82 Å². The fraction of sp³-hybridized carbons (Fsp3) is 0.176. The predicted octanol–water partition coefficient (Wildman–Crippen LogP) is 3.39. The summed E-state index contributed by atoms with van der Waals surface area (Å²) in [7, 11) is 0. The molecular weight excluding hydrogens is 299 g/mol. The molecule has 2 aromatic carbocycles. The van der Waals surface area contributed by atoms with Gasteiger partial charge in [-0.3, -0.25) is 9.78 Å². The molecule has 0 aliphatic carbocycles. The van der Waals surface area contributed by atoms with Crippen molar-refractivity contribution in [2.45, 2.75) is 19.3 Å². The molecule has 2 N–H and O–H groups in total. The molecule has 23 heavy (non-hydrogen) atoms. The van der Waals surface area contributed by atoms with Gasteiger partial charge in [-0.05, 0) is 42.3 Å². The van der Waals surface area contributed by atoms with Crippen LogP contribution in [0.2, 0.25) is 0 Å². The Balaban J connectivity index is 1.82. The lowest BCUT2D eigenvalue weighted by Crippen LogP contribution is -2.20. The third kappa shape index (κ3) is 3.15. The average molecular weight is 314 g/mol. The number of anilines is 1. The fourth-order valence-electron chi connectivity index (χ4n) is 2.53. The number of fused-ring (bicyclic) bond motifs is 1. The van der Waals surface area contributed by atoms with E-state index in [0.717, 1.165) is 5.56 Å². The van der Waals surface area contributed by atoms with Crippen LogP contribution in [0.1, 0.15) is 24.8 Å². The second kappa shape index (κ2) is 6.08. The van der Waals surface area contributed by atoms with Crippen molar-refractivity contribution in [1.82, 2.24) is 4.98 Å². The van der Waals surface area contributed by atoms with E-state index in [9.17, 15) is 14.0 Å². The average Bonchev–Trinajstić information content (AvgIpc) is 2.89. The van der Waals surface area contributed by atoms with Gasteiger partial charge < -0.3 is 9.73 Å². The van der Waals surface area contributed by atoms with Crippen LogP contribution in [0, 0.1) is 5.82 Å². The van der Waals surface area contributed by atoms with Crippen molar-refractivity contribution in [3.8, 4) is 0 Å². The molecule has 6 heteroatoms. The molecule has 0 aliphatic rings. The lowest BCUT2D eigenvalue weighted by molar-refractivity contribution is -0.117. The zero-order valence-corrected chi connectivity index (χ0v) is 12.4. The Morgan fingerprint density at radius 3 is 2.70 bits per heavy atom. The van der Waals surface area contributed by atoms with Gasteiger partial charge in [0.2, 0.25) is 5.91 Å². The monoisotopic (exact) mass is 314 g/mol. The number of carbonyl (C=O) groups is 1. The van der Waals surface area contributed by atoms with E-state index in [-0.39, 0.29) is 17.6 Å². The van der Waals surface area contributed by atoms with Crippen LogP contribution >= 0.6 is 0 Å². The first-order valence-electron chi connectivity index (χ1n) is 7.26. The number of aromatic nitrogens is 1. The molecule has 1 unspecified atom stereocenters. The molecule has 1 aromatic heterocycles. The molecule has 0 saturated heterocycles. The van der Waals surface area contributed by atoms with Gasteiger partial charge >= 0.3 is 5.76 Å². The van der Waals surface area contributed by atoms with Crippen molar-refractivity contribution >= 4 is 22.7 Å². The van der Waals surface area contributed by atoms with E-state index < -0.39 is 5.76 Å². The Hall–Kier alpha value is -2.89. The zero-order chi connectivity index (χ0) is 16.4. The number of H-pyrrole nitrogens is 1. The van der Waals surface area contributed by atoms with E-state index in [1.165, 1.54) is 12.1 Å². The quantitative estimate of drug-likeness (QED) is 0.775. The highest BCUT2D eigenvalue weighted by Crippen LogP contribution is 2.23. The summed E-state index contributed by atoms with van der Waals surface area (Å²) in [5.41, 5.74) is 2.26. The Morgan fingerprint density at radius 1 is 1.26 bits per heavy atom. The van der Waals surface area contributed by atoms with Gasteiger partial charge in [0.15, 0.2) is 5.58 Å². The minimum Gasteiger partial charge on any atom is -0.408 e. The number of hydrogen-bond donors (Lipinski definition) is 2. The standard InChI is InChI=1S/C17H15FN2O3/c1-2-13(10-3-5-11(18)6-4-10)16(21)19-12-7-8-15-14(9-12)20-17(22)23-15/h3-9,13H,2H2,1H3,(H,19,21)(H,20,22). The summed E-state index contributed by atoms with van der Waals surface area (Å²) in [5.74, 6) is -1.45. The van der Waals surface area contributed by atoms with Gasteiger partial charge in [0.05, 0.1) is 11.4 Å². The SMILES string of the molecule is CCC(C(=O)Nc1ccc2oc(=O)[nH]c2c1)c1ccc(F)cc1. The van der Waals surface area contributed by atoms with Gasteiger partial charge in [0.25, 0.3) is 0 Å².